The van der Waals surface area contributed by atoms with Gasteiger partial charge in [-0.05, 0) is 49.8 Å². The highest BCUT2D eigenvalue weighted by atomic mass is 35.5. The molecule has 1 aromatic rings. The molecule has 0 aromatic heterocycles. The van der Waals surface area contributed by atoms with Gasteiger partial charge in [0.05, 0.1) is 11.6 Å². The Bertz CT molecular complexity index is 645. The summed E-state index contributed by atoms with van der Waals surface area (Å²) in [7, 11) is 0. The van der Waals surface area contributed by atoms with Gasteiger partial charge in [-0.2, -0.15) is 0 Å². The summed E-state index contributed by atoms with van der Waals surface area (Å²) in [6.45, 7) is 0.865. The summed E-state index contributed by atoms with van der Waals surface area (Å²) >= 11 is 5.61. The van der Waals surface area contributed by atoms with Crippen molar-refractivity contribution in [2.45, 2.75) is 37.8 Å². The molecule has 5 nitrogen and oxygen atoms in total. The van der Waals surface area contributed by atoms with Gasteiger partial charge in [-0.25, -0.2) is 4.39 Å². The van der Waals surface area contributed by atoms with Crippen molar-refractivity contribution in [3.05, 3.63) is 34.6 Å². The van der Waals surface area contributed by atoms with Crippen LogP contribution in [0.2, 0.25) is 5.02 Å². The van der Waals surface area contributed by atoms with E-state index in [1.807, 2.05) is 4.90 Å². The molecule has 2 aliphatic carbocycles. The lowest BCUT2D eigenvalue weighted by Crippen LogP contribution is -2.55. The molecule has 24 heavy (non-hydrogen) atoms. The molecule has 0 heterocycles. The van der Waals surface area contributed by atoms with E-state index in [-0.39, 0.29) is 35.1 Å². The molecule has 0 unspecified atom stereocenters. The number of amides is 1. The molecular formula is C17H20ClFN2O3. The SMILES string of the molecule is O=C(O)CN(CC1CC1)C1CC(NC(=O)c2ccc(Cl)c(F)c2)C1. The van der Waals surface area contributed by atoms with E-state index in [0.29, 0.717) is 5.92 Å². The second kappa shape index (κ2) is 7.07. The minimum atomic E-state index is -0.820. The zero-order valence-electron chi connectivity index (χ0n) is 13.2. The molecule has 2 saturated carbocycles. The van der Waals surface area contributed by atoms with Crippen molar-refractivity contribution in [3.8, 4) is 0 Å². The third-order valence-electron chi connectivity index (χ3n) is 4.67. The van der Waals surface area contributed by atoms with Gasteiger partial charge in [-0.1, -0.05) is 11.6 Å². The van der Waals surface area contributed by atoms with Crippen LogP contribution in [0.15, 0.2) is 18.2 Å². The Labute approximate surface area is 144 Å². The number of nitrogens with one attached hydrogen (secondary N) is 1. The van der Waals surface area contributed by atoms with Crippen molar-refractivity contribution in [3.63, 3.8) is 0 Å². The average molecular weight is 355 g/mol. The molecule has 0 aliphatic heterocycles. The van der Waals surface area contributed by atoms with Gasteiger partial charge in [-0.15, -0.1) is 0 Å². The fourth-order valence-corrected chi connectivity index (χ4v) is 3.18. The van der Waals surface area contributed by atoms with Crippen LogP contribution < -0.4 is 5.32 Å². The highest BCUT2D eigenvalue weighted by Crippen LogP contribution is 2.33. The Morgan fingerprint density at radius 3 is 2.62 bits per heavy atom. The molecule has 0 spiro atoms. The van der Waals surface area contributed by atoms with Gasteiger partial charge in [-0.3, -0.25) is 14.5 Å². The van der Waals surface area contributed by atoms with E-state index in [1.165, 1.54) is 25.0 Å². The van der Waals surface area contributed by atoms with Crippen LogP contribution in [-0.4, -0.2) is 47.1 Å². The number of benzene rings is 1. The average Bonchev–Trinajstić information content (AvgIpc) is 3.28. The number of rotatable bonds is 7. The van der Waals surface area contributed by atoms with Crippen LogP contribution in [-0.2, 0) is 4.79 Å². The summed E-state index contributed by atoms with van der Waals surface area (Å²) in [5.74, 6) is -1.15. The van der Waals surface area contributed by atoms with Crippen LogP contribution in [0.3, 0.4) is 0 Å². The number of carbonyl (C=O) groups is 2. The summed E-state index contributed by atoms with van der Waals surface area (Å²) in [6, 6.07) is 4.16. The first-order valence-electron chi connectivity index (χ1n) is 8.14. The predicted octanol–water partition coefficient (Wildman–Crippen LogP) is 2.54. The number of carboxylic acid groups (broad SMARTS) is 1. The van der Waals surface area contributed by atoms with Crippen LogP contribution in [0.5, 0.6) is 0 Å². The zero-order chi connectivity index (χ0) is 17.3. The molecule has 1 aromatic carbocycles. The Morgan fingerprint density at radius 2 is 2.04 bits per heavy atom. The number of aliphatic carboxylic acids is 1. The van der Waals surface area contributed by atoms with Crippen LogP contribution in [0.4, 0.5) is 4.39 Å². The highest BCUT2D eigenvalue weighted by Gasteiger charge is 2.37. The van der Waals surface area contributed by atoms with Crippen LogP contribution >= 0.6 is 11.6 Å². The number of carbonyl (C=O) groups excluding carboxylic acids is 1. The number of hydrogen-bond donors (Lipinski definition) is 2. The van der Waals surface area contributed by atoms with E-state index in [2.05, 4.69) is 5.32 Å². The molecule has 2 aliphatic rings. The van der Waals surface area contributed by atoms with Gasteiger partial charge in [0.15, 0.2) is 0 Å². The van der Waals surface area contributed by atoms with Crippen molar-refractivity contribution in [2.24, 2.45) is 5.92 Å². The molecular weight excluding hydrogens is 335 g/mol. The van der Waals surface area contributed by atoms with Gasteiger partial charge >= 0.3 is 5.97 Å². The highest BCUT2D eigenvalue weighted by molar-refractivity contribution is 6.30. The van der Waals surface area contributed by atoms with E-state index < -0.39 is 11.8 Å². The van der Waals surface area contributed by atoms with E-state index >= 15 is 0 Å². The second-order valence-electron chi connectivity index (χ2n) is 6.69. The van der Waals surface area contributed by atoms with Crippen LogP contribution in [0.25, 0.3) is 0 Å². The fraction of sp³-hybridized carbons (Fsp3) is 0.529. The van der Waals surface area contributed by atoms with Crippen molar-refractivity contribution in [2.75, 3.05) is 13.1 Å². The normalized spacial score (nSPS) is 23.0. The molecule has 1 amide bonds. The fourth-order valence-electron chi connectivity index (χ4n) is 3.06. The van der Waals surface area contributed by atoms with Crippen LogP contribution in [0.1, 0.15) is 36.0 Å². The molecule has 3 rings (SSSR count). The van der Waals surface area contributed by atoms with Crippen molar-refractivity contribution < 1.29 is 19.1 Å². The Kier molecular flexibility index (Phi) is 5.06. The smallest absolute Gasteiger partial charge is 0.317 e. The van der Waals surface area contributed by atoms with Gasteiger partial charge in [0.25, 0.3) is 5.91 Å². The number of carboxylic acids is 1. The van der Waals surface area contributed by atoms with Gasteiger partial charge in [0, 0.05) is 24.2 Å². The predicted molar refractivity (Wildman–Crippen MR) is 87.6 cm³/mol. The number of hydrogen-bond acceptors (Lipinski definition) is 3. The minimum Gasteiger partial charge on any atom is -0.480 e. The number of nitrogens with zero attached hydrogens (tertiary/aromatic N) is 1. The third-order valence-corrected chi connectivity index (χ3v) is 4.98. The lowest BCUT2D eigenvalue weighted by Gasteiger charge is -2.42. The summed E-state index contributed by atoms with van der Waals surface area (Å²) < 4.78 is 13.4. The Hall–Kier alpha value is -1.66. The lowest BCUT2D eigenvalue weighted by molar-refractivity contribution is -0.139. The largest absolute Gasteiger partial charge is 0.480 e. The topological polar surface area (TPSA) is 69.6 Å². The Balaban J connectivity index is 1.50. The third kappa shape index (κ3) is 4.24. The Morgan fingerprint density at radius 1 is 1.33 bits per heavy atom. The van der Waals surface area contributed by atoms with Crippen molar-refractivity contribution in [1.82, 2.24) is 10.2 Å². The standard InChI is InChI=1S/C17H20ClFN2O3/c18-14-4-3-11(5-15(14)19)17(24)20-12-6-13(7-12)21(9-16(22)23)8-10-1-2-10/h3-5,10,12-13H,1-2,6-9H2,(H,20,24)(H,22,23). The lowest BCUT2D eigenvalue weighted by atomic mass is 9.85. The molecule has 2 fully saturated rings. The first kappa shape index (κ1) is 17.2. The van der Waals surface area contributed by atoms with Crippen molar-refractivity contribution in [1.29, 1.82) is 0 Å². The van der Waals surface area contributed by atoms with E-state index in [9.17, 15) is 14.0 Å². The van der Waals surface area contributed by atoms with Crippen molar-refractivity contribution >= 4 is 23.5 Å². The molecule has 130 valence electrons. The van der Waals surface area contributed by atoms with E-state index in [4.69, 9.17) is 16.7 Å². The summed E-state index contributed by atoms with van der Waals surface area (Å²) in [4.78, 5) is 25.1. The maximum Gasteiger partial charge on any atom is 0.317 e. The van der Waals surface area contributed by atoms with Gasteiger partial charge in [0.1, 0.15) is 5.82 Å². The summed E-state index contributed by atoms with van der Waals surface area (Å²) in [5.41, 5.74) is 0.237. The number of halogens is 2. The second-order valence-corrected chi connectivity index (χ2v) is 7.10. The summed E-state index contributed by atoms with van der Waals surface area (Å²) in [6.07, 6.45) is 3.79. The quantitative estimate of drug-likeness (QED) is 0.789. The van der Waals surface area contributed by atoms with E-state index in [1.54, 1.807) is 0 Å². The van der Waals surface area contributed by atoms with Gasteiger partial charge in [0.2, 0.25) is 0 Å². The molecule has 0 saturated heterocycles. The maximum absolute atomic E-state index is 13.4. The summed E-state index contributed by atoms with van der Waals surface area (Å²) in [5, 5.41) is 11.9. The zero-order valence-corrected chi connectivity index (χ0v) is 13.9. The maximum atomic E-state index is 13.4. The molecule has 0 atom stereocenters. The van der Waals surface area contributed by atoms with E-state index in [0.717, 1.165) is 25.5 Å². The van der Waals surface area contributed by atoms with Gasteiger partial charge < -0.3 is 10.4 Å². The minimum absolute atomic E-state index is 0.00302. The molecule has 7 heteroatoms. The first-order valence-corrected chi connectivity index (χ1v) is 8.52. The molecule has 0 bridgehead atoms. The molecule has 0 radical (unpaired) electrons. The monoisotopic (exact) mass is 354 g/mol. The first-order chi connectivity index (χ1) is 11.4. The van der Waals surface area contributed by atoms with Crippen LogP contribution in [0, 0.1) is 11.7 Å². The molecule has 2 N–H and O–H groups in total.